The predicted molar refractivity (Wildman–Crippen MR) is 128 cm³/mol. The molecule has 1 aliphatic carbocycles. The second-order valence-electron chi connectivity index (χ2n) is 8.54. The van der Waals surface area contributed by atoms with Gasteiger partial charge >= 0.3 is 0 Å². The molecule has 2 aromatic rings. The van der Waals surface area contributed by atoms with E-state index < -0.39 is 0 Å². The Morgan fingerprint density at radius 2 is 2.03 bits per heavy atom. The Labute approximate surface area is 188 Å². The average Bonchev–Trinajstić information content (AvgIpc) is 2.79. The maximum Gasteiger partial charge on any atom is 0.164 e. The predicted octanol–water partition coefficient (Wildman–Crippen LogP) is 6.55. The van der Waals surface area contributed by atoms with Gasteiger partial charge in [-0.2, -0.15) is 0 Å². The summed E-state index contributed by atoms with van der Waals surface area (Å²) in [7, 11) is 0. The number of carbonyl (C=O) groups is 1. The van der Waals surface area contributed by atoms with Gasteiger partial charge in [0.2, 0.25) is 0 Å². The van der Waals surface area contributed by atoms with Crippen molar-refractivity contribution < 1.29 is 15.7 Å². The van der Waals surface area contributed by atoms with Crippen LogP contribution < -0.4 is 9.47 Å². The molecule has 1 saturated carbocycles. The number of hydrogen-bond acceptors (Lipinski definition) is 4. The van der Waals surface area contributed by atoms with E-state index in [1.165, 1.54) is 42.5 Å². The topological polar surface area (TPSA) is 48.4 Å². The number of ether oxygens (including phenoxy) is 2. The third-order valence-electron chi connectivity index (χ3n) is 6.07. The van der Waals surface area contributed by atoms with Crippen LogP contribution in [0, 0.1) is 12.8 Å². The van der Waals surface area contributed by atoms with Gasteiger partial charge in [0.15, 0.2) is 11.5 Å². The zero-order valence-electron chi connectivity index (χ0n) is 19.1. The van der Waals surface area contributed by atoms with E-state index in [1.807, 2.05) is 24.4 Å². The summed E-state index contributed by atoms with van der Waals surface area (Å²) in [6.07, 6.45) is 13.8. The monoisotopic (exact) mass is 423 g/mol. The largest absolute Gasteiger partial charge is 0.486 e. The molecule has 0 radical (unpaired) electrons. The normalized spacial score (nSPS) is 20.1. The highest BCUT2D eigenvalue weighted by Crippen LogP contribution is 2.37. The molecule has 0 bridgehead atoms. The van der Waals surface area contributed by atoms with Crippen molar-refractivity contribution in [3.63, 3.8) is 0 Å². The van der Waals surface area contributed by atoms with Crippen LogP contribution in [0.4, 0.5) is 0 Å². The van der Waals surface area contributed by atoms with Crippen molar-refractivity contribution in [1.29, 1.82) is 0 Å². The summed E-state index contributed by atoms with van der Waals surface area (Å²) in [6.45, 7) is 7.83. The maximum absolute atomic E-state index is 10.3. The molecule has 4 nitrogen and oxygen atoms in total. The molecule has 0 saturated heterocycles. The molecule has 31 heavy (non-hydrogen) atoms. The molecule has 0 spiro atoms. The lowest BCUT2D eigenvalue weighted by molar-refractivity contribution is -0.107. The van der Waals surface area contributed by atoms with Gasteiger partial charge in [-0.15, -0.1) is 0 Å². The Morgan fingerprint density at radius 1 is 1.19 bits per heavy atom. The molecule has 1 fully saturated rings. The highest BCUT2D eigenvalue weighted by atomic mass is 16.6. The van der Waals surface area contributed by atoms with E-state index in [4.69, 9.17) is 9.47 Å². The van der Waals surface area contributed by atoms with Gasteiger partial charge in [0.05, 0.1) is 5.69 Å². The highest BCUT2D eigenvalue weighted by Gasteiger charge is 2.23. The number of carbonyl (C=O) groups excluding carboxylic acids is 1. The molecule has 2 unspecified atom stereocenters. The number of para-hydroxylation sites is 1. The van der Waals surface area contributed by atoms with Gasteiger partial charge in [-0.25, -0.2) is 0 Å². The fourth-order valence-electron chi connectivity index (χ4n) is 4.53. The third-order valence-corrected chi connectivity index (χ3v) is 6.07. The first-order valence-electron chi connectivity index (χ1n) is 11.5. The Balaban J connectivity index is 0.000000224. The summed E-state index contributed by atoms with van der Waals surface area (Å²) in [4.78, 5) is 14.9. The minimum absolute atomic E-state index is 0. The lowest BCUT2D eigenvalue weighted by atomic mass is 9.79. The van der Waals surface area contributed by atoms with Crippen LogP contribution in [-0.4, -0.2) is 24.5 Å². The van der Waals surface area contributed by atoms with E-state index in [0.717, 1.165) is 35.7 Å². The maximum atomic E-state index is 10.3. The average molecular weight is 424 g/mol. The zero-order valence-corrected chi connectivity index (χ0v) is 19.1. The van der Waals surface area contributed by atoms with Crippen LogP contribution in [0.25, 0.3) is 6.08 Å². The Hall–Kier alpha value is -2.62. The van der Waals surface area contributed by atoms with Crippen LogP contribution in [0.2, 0.25) is 0 Å². The van der Waals surface area contributed by atoms with Crippen molar-refractivity contribution in [3.05, 3.63) is 58.9 Å². The Morgan fingerprint density at radius 3 is 2.81 bits per heavy atom. The summed E-state index contributed by atoms with van der Waals surface area (Å²) in [6, 6.07) is 7.90. The number of hydrogen-bond donors (Lipinski definition) is 0. The molecule has 2 heterocycles. The minimum atomic E-state index is 0. The molecule has 1 aliphatic heterocycles. The highest BCUT2D eigenvalue weighted by molar-refractivity contribution is 5.56. The summed E-state index contributed by atoms with van der Waals surface area (Å²) < 4.78 is 10.9. The molecule has 1 aromatic heterocycles. The first kappa shape index (κ1) is 23.1. The van der Waals surface area contributed by atoms with Gasteiger partial charge in [0.1, 0.15) is 19.5 Å². The van der Waals surface area contributed by atoms with Crippen LogP contribution in [0.1, 0.15) is 75.7 Å². The van der Waals surface area contributed by atoms with Gasteiger partial charge in [0.25, 0.3) is 0 Å². The smallest absolute Gasteiger partial charge is 0.164 e. The van der Waals surface area contributed by atoms with E-state index in [1.54, 1.807) is 0 Å². The number of aldehydes is 1. The molecule has 1 aromatic carbocycles. The molecular weight excluding hydrogens is 386 g/mol. The first-order valence-corrected chi connectivity index (χ1v) is 11.5. The molecule has 4 heteroatoms. The lowest BCUT2D eigenvalue weighted by Gasteiger charge is -2.27. The molecule has 4 rings (SSSR count). The number of fused-ring (bicyclic) bond motifs is 1. The Bertz CT molecular complexity index is 896. The number of benzene rings is 1. The second kappa shape index (κ2) is 11.7. The van der Waals surface area contributed by atoms with Gasteiger partial charge < -0.3 is 14.3 Å². The van der Waals surface area contributed by atoms with E-state index in [2.05, 4.69) is 44.0 Å². The first-order chi connectivity index (χ1) is 15.1. The number of aryl methyl sites for hydroxylation is 2. The zero-order chi connectivity index (χ0) is 22.1. The fraction of sp³-hybridized carbons (Fsp3) is 0.481. The molecule has 2 atom stereocenters. The van der Waals surface area contributed by atoms with Crippen LogP contribution in [0.15, 0.2) is 36.5 Å². The van der Waals surface area contributed by atoms with E-state index >= 15 is 0 Å². The number of aromatic nitrogens is 1. The van der Waals surface area contributed by atoms with Gasteiger partial charge in [-0.05, 0) is 67.9 Å². The van der Waals surface area contributed by atoms with E-state index in [9.17, 15) is 4.79 Å². The van der Waals surface area contributed by atoms with Gasteiger partial charge in [0, 0.05) is 20.0 Å². The molecule has 0 N–H and O–H groups in total. The summed E-state index contributed by atoms with van der Waals surface area (Å²) in [5, 5.41) is 0. The molecule has 0 amide bonds. The van der Waals surface area contributed by atoms with Crippen molar-refractivity contribution in [3.8, 4) is 11.5 Å². The van der Waals surface area contributed by atoms with Crippen molar-refractivity contribution in [2.24, 2.45) is 5.92 Å². The quantitative estimate of drug-likeness (QED) is 0.512. The van der Waals surface area contributed by atoms with Crippen LogP contribution in [0.5, 0.6) is 11.5 Å². The molecule has 2 aliphatic rings. The summed E-state index contributed by atoms with van der Waals surface area (Å²) in [5.41, 5.74) is 5.09. The minimum Gasteiger partial charge on any atom is -0.486 e. The van der Waals surface area contributed by atoms with Crippen molar-refractivity contribution >= 4 is 12.4 Å². The van der Waals surface area contributed by atoms with Crippen LogP contribution in [-0.2, 0) is 11.2 Å². The number of rotatable bonds is 5. The Kier molecular flexibility index (Phi) is 8.69. The van der Waals surface area contributed by atoms with Crippen molar-refractivity contribution in [1.82, 2.24) is 4.98 Å². The number of nitrogens with zero attached hydrogens (tertiary/aromatic N) is 1. The van der Waals surface area contributed by atoms with Crippen LogP contribution >= 0.6 is 0 Å². The fourth-order valence-corrected chi connectivity index (χ4v) is 4.53. The lowest BCUT2D eigenvalue weighted by Crippen LogP contribution is -2.16. The van der Waals surface area contributed by atoms with Gasteiger partial charge in [-0.3, -0.25) is 4.98 Å². The molecular formula is C27H37NO3. The molecule has 168 valence electrons. The van der Waals surface area contributed by atoms with Crippen LogP contribution in [0.3, 0.4) is 0 Å². The summed E-state index contributed by atoms with van der Waals surface area (Å²) >= 11 is 0. The third kappa shape index (κ3) is 6.19. The summed E-state index contributed by atoms with van der Waals surface area (Å²) in [5.74, 6) is 3.12. The number of pyridine rings is 1. The standard InChI is InChI=1S/C16H23N.C11H12O3.H2/c1-4-6-15-13(3)9-10-17-16(15)14-8-5-7-12(2)11-14;12-6-2-4-9-3-1-5-10-11(9)14-8-7-13-10;/h4,6,9-10,12,14H,5,7-8,11H2,1-3H3;1,3,5-6H,2,4,7-8H2;1H/b6-4-;;. The van der Waals surface area contributed by atoms with E-state index in [-0.39, 0.29) is 1.43 Å². The van der Waals surface area contributed by atoms with E-state index in [0.29, 0.717) is 25.6 Å². The SMILES string of the molecule is C/C=C\c1c(C)ccnc1C1CCCC(C)C1.O=CCCc1cccc2c1OCCO2.[HH]. The van der Waals surface area contributed by atoms with Crippen molar-refractivity contribution in [2.45, 2.75) is 65.2 Å². The second-order valence-corrected chi connectivity index (χ2v) is 8.54. The number of allylic oxidation sites excluding steroid dienone is 1. The van der Waals surface area contributed by atoms with Gasteiger partial charge in [-0.1, -0.05) is 44.1 Å². The van der Waals surface area contributed by atoms with Crippen molar-refractivity contribution in [2.75, 3.05) is 13.2 Å².